The van der Waals surface area contributed by atoms with Crippen molar-refractivity contribution in [2.45, 2.75) is 98.3 Å². The molecular weight excluding hydrogens is 436 g/mol. The van der Waals surface area contributed by atoms with Crippen molar-refractivity contribution in [2.24, 2.45) is 5.92 Å². The monoisotopic (exact) mass is 484 g/mol. The summed E-state index contributed by atoms with van der Waals surface area (Å²) in [5.74, 6) is 0.415. The van der Waals surface area contributed by atoms with Crippen LogP contribution >= 0.6 is 0 Å². The van der Waals surface area contributed by atoms with Gasteiger partial charge in [-0.25, -0.2) is 0 Å². The minimum atomic E-state index is 0.297. The Bertz CT molecular complexity index is 1040. The first-order valence-electron chi connectivity index (χ1n) is 14.5. The fourth-order valence-corrected chi connectivity index (χ4v) is 5.25. The van der Waals surface area contributed by atoms with Crippen LogP contribution in [0.5, 0.6) is 0 Å². The highest BCUT2D eigenvalue weighted by molar-refractivity contribution is 5.71. The van der Waals surface area contributed by atoms with E-state index in [1.807, 2.05) is 0 Å². The molecular formula is C35H48O. The molecule has 1 unspecified atom stereocenters. The van der Waals surface area contributed by atoms with Crippen LogP contribution in [-0.2, 0) is 38.5 Å². The van der Waals surface area contributed by atoms with Crippen LogP contribution in [0.15, 0.2) is 60.7 Å². The largest absolute Gasteiger partial charge is 0.396 e. The molecule has 0 amide bonds. The highest BCUT2D eigenvalue weighted by Crippen LogP contribution is 2.31. The number of unbranched alkanes of at least 4 members (excludes halogenated alkanes) is 2. The zero-order chi connectivity index (χ0) is 25.8. The van der Waals surface area contributed by atoms with E-state index in [1.165, 1.54) is 70.2 Å². The predicted octanol–water partition coefficient (Wildman–Crippen LogP) is 8.95. The first-order valence-corrected chi connectivity index (χ1v) is 14.5. The average Bonchev–Trinajstić information content (AvgIpc) is 2.93. The quantitative estimate of drug-likeness (QED) is 0.213. The zero-order valence-corrected chi connectivity index (χ0v) is 23.3. The molecule has 3 aromatic rings. The SMILES string of the molecule is CCCCCc1ccc(CCc2ccc(-c3ccc(CCC(CC)CO)cc3CC)c(CC)c2)cc1. The maximum atomic E-state index is 9.53. The zero-order valence-electron chi connectivity index (χ0n) is 23.3. The second-order valence-corrected chi connectivity index (χ2v) is 10.5. The van der Waals surface area contributed by atoms with Crippen LogP contribution in [0.2, 0.25) is 0 Å². The summed E-state index contributed by atoms with van der Waals surface area (Å²) in [6.07, 6.45) is 12.5. The fraction of sp³-hybridized carbons (Fsp3) is 0.486. The molecule has 0 saturated carbocycles. The van der Waals surface area contributed by atoms with Gasteiger partial charge in [0.2, 0.25) is 0 Å². The molecule has 0 aliphatic rings. The summed E-state index contributed by atoms with van der Waals surface area (Å²) in [7, 11) is 0. The summed E-state index contributed by atoms with van der Waals surface area (Å²) in [4.78, 5) is 0. The molecule has 0 aliphatic heterocycles. The van der Waals surface area contributed by atoms with Crippen molar-refractivity contribution < 1.29 is 5.11 Å². The molecule has 0 fully saturated rings. The molecule has 1 nitrogen and oxygen atoms in total. The van der Waals surface area contributed by atoms with Crippen molar-refractivity contribution in [1.82, 2.24) is 0 Å². The van der Waals surface area contributed by atoms with Gasteiger partial charge in [-0.2, -0.15) is 0 Å². The fourth-order valence-electron chi connectivity index (χ4n) is 5.25. The Labute approximate surface area is 221 Å². The first-order chi connectivity index (χ1) is 17.6. The molecule has 1 atom stereocenters. The Balaban J connectivity index is 1.68. The number of benzene rings is 3. The van der Waals surface area contributed by atoms with Crippen molar-refractivity contribution >= 4 is 0 Å². The van der Waals surface area contributed by atoms with Gasteiger partial charge in [0.15, 0.2) is 0 Å². The number of hydrogen-bond acceptors (Lipinski definition) is 1. The van der Waals surface area contributed by atoms with E-state index >= 15 is 0 Å². The highest BCUT2D eigenvalue weighted by atomic mass is 16.3. The maximum Gasteiger partial charge on any atom is 0.0459 e. The Kier molecular flexibility index (Phi) is 11.8. The van der Waals surface area contributed by atoms with Crippen molar-refractivity contribution in [3.8, 4) is 11.1 Å². The van der Waals surface area contributed by atoms with Crippen LogP contribution in [0.3, 0.4) is 0 Å². The summed E-state index contributed by atoms with van der Waals surface area (Å²) < 4.78 is 0. The summed E-state index contributed by atoms with van der Waals surface area (Å²) in [6.45, 7) is 9.27. The van der Waals surface area contributed by atoms with Crippen molar-refractivity contribution in [2.75, 3.05) is 6.61 Å². The minimum Gasteiger partial charge on any atom is -0.396 e. The minimum absolute atomic E-state index is 0.297. The number of aliphatic hydroxyl groups is 1. The second-order valence-electron chi connectivity index (χ2n) is 10.5. The van der Waals surface area contributed by atoms with Gasteiger partial charge in [0, 0.05) is 6.61 Å². The van der Waals surface area contributed by atoms with Crippen molar-refractivity contribution in [3.63, 3.8) is 0 Å². The highest BCUT2D eigenvalue weighted by Gasteiger charge is 2.12. The van der Waals surface area contributed by atoms with Crippen LogP contribution in [0.25, 0.3) is 11.1 Å². The lowest BCUT2D eigenvalue weighted by Crippen LogP contribution is -2.06. The van der Waals surface area contributed by atoms with Gasteiger partial charge in [0.1, 0.15) is 0 Å². The smallest absolute Gasteiger partial charge is 0.0459 e. The normalized spacial score (nSPS) is 12.1. The molecule has 1 heteroatoms. The lowest BCUT2D eigenvalue weighted by atomic mass is 9.89. The van der Waals surface area contributed by atoms with Gasteiger partial charge in [-0.3, -0.25) is 0 Å². The lowest BCUT2D eigenvalue weighted by Gasteiger charge is -2.16. The molecule has 3 aromatic carbocycles. The van der Waals surface area contributed by atoms with Crippen LogP contribution < -0.4 is 0 Å². The van der Waals surface area contributed by atoms with Crippen LogP contribution in [-0.4, -0.2) is 11.7 Å². The van der Waals surface area contributed by atoms with Gasteiger partial charge in [0.05, 0.1) is 0 Å². The summed E-state index contributed by atoms with van der Waals surface area (Å²) in [5.41, 5.74) is 11.4. The molecule has 3 rings (SSSR count). The molecule has 0 saturated heterocycles. The van der Waals surface area contributed by atoms with E-state index in [0.29, 0.717) is 12.5 Å². The first kappa shape index (κ1) is 28.2. The third-order valence-electron chi connectivity index (χ3n) is 7.86. The second kappa shape index (κ2) is 15.0. The van der Waals surface area contributed by atoms with E-state index < -0.39 is 0 Å². The van der Waals surface area contributed by atoms with E-state index in [1.54, 1.807) is 0 Å². The Hall–Kier alpha value is -2.38. The number of rotatable bonds is 15. The number of aryl methyl sites for hydroxylation is 6. The molecule has 1 N–H and O–H groups in total. The van der Waals surface area contributed by atoms with Gasteiger partial charge in [-0.05, 0) is 102 Å². The predicted molar refractivity (Wildman–Crippen MR) is 157 cm³/mol. The Morgan fingerprint density at radius 1 is 0.583 bits per heavy atom. The van der Waals surface area contributed by atoms with Crippen molar-refractivity contribution in [3.05, 3.63) is 94.0 Å². The molecule has 0 aromatic heterocycles. The molecule has 0 aliphatic carbocycles. The van der Waals surface area contributed by atoms with E-state index in [-0.39, 0.29) is 0 Å². The summed E-state index contributed by atoms with van der Waals surface area (Å²) >= 11 is 0. The van der Waals surface area contributed by atoms with Crippen LogP contribution in [0.4, 0.5) is 0 Å². The summed E-state index contributed by atoms with van der Waals surface area (Å²) in [5, 5.41) is 9.53. The Morgan fingerprint density at radius 3 is 1.58 bits per heavy atom. The van der Waals surface area contributed by atoms with Crippen molar-refractivity contribution in [1.29, 1.82) is 0 Å². The molecule has 194 valence electrons. The van der Waals surface area contributed by atoms with E-state index in [0.717, 1.165) is 44.9 Å². The van der Waals surface area contributed by atoms with Crippen LogP contribution in [0.1, 0.15) is 93.2 Å². The average molecular weight is 485 g/mol. The van der Waals surface area contributed by atoms with Gasteiger partial charge < -0.3 is 5.11 Å². The number of hydrogen-bond donors (Lipinski definition) is 1. The van der Waals surface area contributed by atoms with Crippen LogP contribution in [0, 0.1) is 5.92 Å². The summed E-state index contributed by atoms with van der Waals surface area (Å²) in [6, 6.07) is 23.5. The molecule has 0 spiro atoms. The third-order valence-corrected chi connectivity index (χ3v) is 7.86. The van der Waals surface area contributed by atoms with Gasteiger partial charge >= 0.3 is 0 Å². The standard InChI is InChI=1S/C35H48O/c1-5-9-10-11-28-13-15-29(16-14-28)17-19-31-21-23-35(33(8-4)25-31)34-22-20-30(24-32(34)7-3)18-12-27(6-2)26-36/h13-16,20-25,27,36H,5-12,17-19,26H2,1-4H3. The number of aliphatic hydroxyl groups excluding tert-OH is 1. The molecule has 0 heterocycles. The molecule has 0 radical (unpaired) electrons. The van der Waals surface area contributed by atoms with Gasteiger partial charge in [-0.1, -0.05) is 108 Å². The maximum absolute atomic E-state index is 9.53. The van der Waals surface area contributed by atoms with E-state index in [4.69, 9.17) is 0 Å². The molecule has 36 heavy (non-hydrogen) atoms. The Morgan fingerprint density at radius 2 is 1.08 bits per heavy atom. The van der Waals surface area contributed by atoms with Gasteiger partial charge in [0.25, 0.3) is 0 Å². The topological polar surface area (TPSA) is 20.2 Å². The van der Waals surface area contributed by atoms with E-state index in [2.05, 4.69) is 88.4 Å². The van der Waals surface area contributed by atoms with Gasteiger partial charge in [-0.15, -0.1) is 0 Å². The third kappa shape index (κ3) is 8.07. The van der Waals surface area contributed by atoms with E-state index in [9.17, 15) is 5.11 Å². The lowest BCUT2D eigenvalue weighted by molar-refractivity contribution is 0.215. The molecule has 0 bridgehead atoms.